The number of aliphatic hydroxyl groups is 1. The third-order valence-corrected chi connectivity index (χ3v) is 3.65. The monoisotopic (exact) mass is 329 g/mol. The van der Waals surface area contributed by atoms with Gasteiger partial charge in [-0.1, -0.05) is 27.5 Å². The molecule has 0 bridgehead atoms. The predicted octanol–water partition coefficient (Wildman–Crippen LogP) is 2.99. The Kier molecular flexibility index (Phi) is 4.37. The van der Waals surface area contributed by atoms with Crippen LogP contribution >= 0.6 is 27.5 Å². The van der Waals surface area contributed by atoms with Crippen LogP contribution in [0.4, 0.5) is 0 Å². The zero-order valence-corrected chi connectivity index (χ0v) is 12.2. The highest BCUT2D eigenvalue weighted by Gasteiger charge is 2.15. The van der Waals surface area contributed by atoms with Crippen LogP contribution in [0.1, 0.15) is 24.4 Å². The van der Waals surface area contributed by atoms with Crippen molar-refractivity contribution in [2.75, 3.05) is 0 Å². The SMILES string of the molecule is CCn1ncnc1CC(O)c1cc(Cl)ccc1Br. The zero-order valence-electron chi connectivity index (χ0n) is 9.85. The highest BCUT2D eigenvalue weighted by atomic mass is 79.9. The Morgan fingerprint density at radius 3 is 3.00 bits per heavy atom. The summed E-state index contributed by atoms with van der Waals surface area (Å²) in [7, 11) is 0. The number of aliphatic hydroxyl groups excluding tert-OH is 1. The van der Waals surface area contributed by atoms with Crippen LogP contribution in [0.25, 0.3) is 0 Å². The molecule has 18 heavy (non-hydrogen) atoms. The molecule has 0 saturated carbocycles. The van der Waals surface area contributed by atoms with Gasteiger partial charge >= 0.3 is 0 Å². The van der Waals surface area contributed by atoms with Crippen molar-refractivity contribution in [1.82, 2.24) is 14.8 Å². The minimum Gasteiger partial charge on any atom is -0.388 e. The molecule has 1 aromatic carbocycles. The van der Waals surface area contributed by atoms with E-state index in [1.807, 2.05) is 13.0 Å². The number of hydrogen-bond donors (Lipinski definition) is 1. The van der Waals surface area contributed by atoms with Gasteiger partial charge in [0.1, 0.15) is 12.2 Å². The van der Waals surface area contributed by atoms with Crippen LogP contribution in [-0.4, -0.2) is 19.9 Å². The average molecular weight is 331 g/mol. The van der Waals surface area contributed by atoms with E-state index in [-0.39, 0.29) is 0 Å². The molecule has 0 aliphatic carbocycles. The number of rotatable bonds is 4. The summed E-state index contributed by atoms with van der Waals surface area (Å²) in [5, 5.41) is 14.9. The molecule has 1 N–H and O–H groups in total. The largest absolute Gasteiger partial charge is 0.388 e. The van der Waals surface area contributed by atoms with Gasteiger partial charge in [-0.2, -0.15) is 5.10 Å². The van der Waals surface area contributed by atoms with E-state index in [0.717, 1.165) is 22.4 Å². The summed E-state index contributed by atoms with van der Waals surface area (Å²) < 4.78 is 2.60. The molecule has 0 spiro atoms. The van der Waals surface area contributed by atoms with Crippen LogP contribution in [0.3, 0.4) is 0 Å². The van der Waals surface area contributed by atoms with Gasteiger partial charge in [-0.3, -0.25) is 4.68 Å². The van der Waals surface area contributed by atoms with Crippen LogP contribution in [0.2, 0.25) is 5.02 Å². The standard InChI is InChI=1S/C12H13BrClN3O/c1-2-17-12(15-7-16-17)6-11(18)9-5-8(14)3-4-10(9)13/h3-5,7,11,18H,2,6H2,1H3. The van der Waals surface area contributed by atoms with Gasteiger partial charge in [-0.05, 0) is 30.7 Å². The van der Waals surface area contributed by atoms with Gasteiger partial charge < -0.3 is 5.11 Å². The van der Waals surface area contributed by atoms with Crippen LogP contribution in [0, 0.1) is 0 Å². The fraction of sp³-hybridized carbons (Fsp3) is 0.333. The highest BCUT2D eigenvalue weighted by Crippen LogP contribution is 2.28. The number of halogens is 2. The molecule has 0 aliphatic heterocycles. The molecule has 0 aliphatic rings. The normalized spacial score (nSPS) is 12.7. The fourth-order valence-corrected chi connectivity index (χ4v) is 2.45. The van der Waals surface area contributed by atoms with Crippen molar-refractivity contribution in [3.8, 4) is 0 Å². The van der Waals surface area contributed by atoms with Gasteiger partial charge in [-0.15, -0.1) is 0 Å². The molecule has 1 heterocycles. The minimum absolute atomic E-state index is 0.410. The lowest BCUT2D eigenvalue weighted by Gasteiger charge is -2.13. The third-order valence-electron chi connectivity index (χ3n) is 2.69. The third kappa shape index (κ3) is 2.91. The van der Waals surface area contributed by atoms with E-state index in [4.69, 9.17) is 11.6 Å². The van der Waals surface area contributed by atoms with Crippen molar-refractivity contribution in [2.24, 2.45) is 0 Å². The van der Waals surface area contributed by atoms with Crippen LogP contribution in [-0.2, 0) is 13.0 Å². The van der Waals surface area contributed by atoms with E-state index in [2.05, 4.69) is 26.0 Å². The van der Waals surface area contributed by atoms with Crippen LogP contribution < -0.4 is 0 Å². The molecule has 4 nitrogen and oxygen atoms in total. The predicted molar refractivity (Wildman–Crippen MR) is 73.5 cm³/mol. The first-order valence-corrected chi connectivity index (χ1v) is 6.78. The number of benzene rings is 1. The smallest absolute Gasteiger partial charge is 0.138 e. The van der Waals surface area contributed by atoms with Gasteiger partial charge in [0.05, 0.1) is 6.10 Å². The summed E-state index contributed by atoms with van der Waals surface area (Å²) in [5.74, 6) is 0.761. The Morgan fingerprint density at radius 1 is 1.50 bits per heavy atom. The molecule has 6 heteroatoms. The van der Waals surface area contributed by atoms with Gasteiger partial charge in [0.25, 0.3) is 0 Å². The zero-order chi connectivity index (χ0) is 13.1. The first-order valence-electron chi connectivity index (χ1n) is 5.61. The molecule has 1 atom stereocenters. The van der Waals surface area contributed by atoms with Crippen molar-refractivity contribution in [3.63, 3.8) is 0 Å². The fourth-order valence-electron chi connectivity index (χ4n) is 1.76. The minimum atomic E-state index is -0.660. The van der Waals surface area contributed by atoms with Gasteiger partial charge in [0.2, 0.25) is 0 Å². The van der Waals surface area contributed by atoms with Crippen LogP contribution in [0.5, 0.6) is 0 Å². The van der Waals surface area contributed by atoms with E-state index >= 15 is 0 Å². The number of aromatic nitrogens is 3. The molecule has 2 aromatic rings. The van der Waals surface area contributed by atoms with E-state index in [1.165, 1.54) is 6.33 Å². The Balaban J connectivity index is 2.21. The summed E-state index contributed by atoms with van der Waals surface area (Å²) in [4.78, 5) is 4.15. The second-order valence-corrected chi connectivity index (χ2v) is 5.17. The average Bonchev–Trinajstić information content (AvgIpc) is 2.79. The lowest BCUT2D eigenvalue weighted by Crippen LogP contribution is -2.10. The van der Waals surface area contributed by atoms with Crippen molar-refractivity contribution in [3.05, 3.63) is 45.4 Å². The lowest BCUT2D eigenvalue weighted by atomic mass is 10.1. The first-order chi connectivity index (χ1) is 8.61. The summed E-state index contributed by atoms with van der Waals surface area (Å²) in [6.07, 6.45) is 1.25. The molecule has 96 valence electrons. The lowest BCUT2D eigenvalue weighted by molar-refractivity contribution is 0.173. The van der Waals surface area contributed by atoms with E-state index in [9.17, 15) is 5.11 Å². The molecule has 0 saturated heterocycles. The molecular weight excluding hydrogens is 318 g/mol. The van der Waals surface area contributed by atoms with Gasteiger partial charge in [0.15, 0.2) is 0 Å². The Bertz CT molecular complexity index is 544. The van der Waals surface area contributed by atoms with E-state index in [0.29, 0.717) is 11.4 Å². The molecule has 0 fully saturated rings. The molecule has 0 radical (unpaired) electrons. The maximum Gasteiger partial charge on any atom is 0.138 e. The number of hydrogen-bond acceptors (Lipinski definition) is 3. The van der Waals surface area contributed by atoms with Crippen molar-refractivity contribution < 1.29 is 5.11 Å². The van der Waals surface area contributed by atoms with Crippen LogP contribution in [0.15, 0.2) is 29.0 Å². The Labute approximate surface area is 119 Å². The molecule has 1 unspecified atom stereocenters. The highest BCUT2D eigenvalue weighted by molar-refractivity contribution is 9.10. The van der Waals surface area contributed by atoms with E-state index < -0.39 is 6.10 Å². The van der Waals surface area contributed by atoms with Crippen molar-refractivity contribution in [1.29, 1.82) is 0 Å². The molecular formula is C12H13BrClN3O. The Hall–Kier alpha value is -0.910. The summed E-state index contributed by atoms with van der Waals surface area (Å²) in [6.45, 7) is 2.72. The topological polar surface area (TPSA) is 50.9 Å². The quantitative estimate of drug-likeness (QED) is 0.937. The van der Waals surface area contributed by atoms with Crippen molar-refractivity contribution in [2.45, 2.75) is 26.0 Å². The first kappa shape index (κ1) is 13.5. The summed E-state index contributed by atoms with van der Waals surface area (Å²) in [5.41, 5.74) is 0.758. The van der Waals surface area contributed by atoms with Crippen molar-refractivity contribution >= 4 is 27.5 Å². The Morgan fingerprint density at radius 2 is 2.28 bits per heavy atom. The molecule has 1 aromatic heterocycles. The molecule has 0 amide bonds. The second kappa shape index (κ2) is 5.82. The van der Waals surface area contributed by atoms with Gasteiger partial charge in [-0.25, -0.2) is 4.98 Å². The summed E-state index contributed by atoms with van der Waals surface area (Å²) >= 11 is 9.35. The maximum absolute atomic E-state index is 10.2. The number of aryl methyl sites for hydroxylation is 1. The second-order valence-electron chi connectivity index (χ2n) is 3.88. The number of nitrogens with zero attached hydrogens (tertiary/aromatic N) is 3. The maximum atomic E-state index is 10.2. The van der Waals surface area contributed by atoms with Gasteiger partial charge in [0, 0.05) is 22.5 Å². The summed E-state index contributed by atoms with van der Waals surface area (Å²) in [6, 6.07) is 5.35. The molecule has 2 rings (SSSR count). The van der Waals surface area contributed by atoms with E-state index in [1.54, 1.807) is 16.8 Å².